The Bertz CT molecular complexity index is 441. The molecule has 106 valence electrons. The van der Waals surface area contributed by atoms with Crippen LogP contribution in [0.4, 0.5) is 5.69 Å². The molecule has 0 spiro atoms. The molecule has 0 unspecified atom stereocenters. The summed E-state index contributed by atoms with van der Waals surface area (Å²) in [6.45, 7) is 2.97. The van der Waals surface area contributed by atoms with Crippen molar-refractivity contribution in [1.29, 1.82) is 0 Å². The summed E-state index contributed by atoms with van der Waals surface area (Å²) in [5, 5.41) is 7.24. The minimum absolute atomic E-state index is 0.502. The Hall–Kier alpha value is -1.20. The average molecular weight is 303 g/mol. The van der Waals surface area contributed by atoms with Gasteiger partial charge < -0.3 is 20.1 Å². The van der Waals surface area contributed by atoms with Gasteiger partial charge in [0.25, 0.3) is 0 Å². The number of thiocarbonyl (C=S) groups is 1. The zero-order valence-corrected chi connectivity index (χ0v) is 13.0. The van der Waals surface area contributed by atoms with E-state index in [1.807, 2.05) is 0 Å². The molecule has 1 aromatic carbocycles. The van der Waals surface area contributed by atoms with Gasteiger partial charge in [-0.1, -0.05) is 24.9 Å². The summed E-state index contributed by atoms with van der Waals surface area (Å²) in [6, 6.07) is 3.45. The zero-order valence-electron chi connectivity index (χ0n) is 11.4. The van der Waals surface area contributed by atoms with E-state index < -0.39 is 0 Å². The molecule has 0 heterocycles. The molecule has 0 bridgehead atoms. The molecule has 0 amide bonds. The Labute approximate surface area is 124 Å². The Balaban J connectivity index is 2.76. The third-order valence-corrected chi connectivity index (χ3v) is 3.08. The number of halogens is 1. The number of hydrogen-bond donors (Lipinski definition) is 2. The van der Waals surface area contributed by atoms with Crippen molar-refractivity contribution in [2.24, 2.45) is 0 Å². The van der Waals surface area contributed by atoms with Crippen molar-refractivity contribution in [3.8, 4) is 11.5 Å². The molecular formula is C13H19ClN2O2S. The predicted octanol–water partition coefficient (Wildman–Crippen LogP) is 3.44. The highest BCUT2D eigenvalue weighted by Gasteiger charge is 2.10. The normalized spacial score (nSPS) is 9.89. The van der Waals surface area contributed by atoms with E-state index in [4.69, 9.17) is 33.3 Å². The van der Waals surface area contributed by atoms with Gasteiger partial charge in [0.15, 0.2) is 5.11 Å². The van der Waals surface area contributed by atoms with Gasteiger partial charge in [-0.15, -0.1) is 0 Å². The van der Waals surface area contributed by atoms with E-state index in [1.54, 1.807) is 26.4 Å². The van der Waals surface area contributed by atoms with E-state index >= 15 is 0 Å². The molecule has 19 heavy (non-hydrogen) atoms. The van der Waals surface area contributed by atoms with E-state index in [1.165, 1.54) is 0 Å². The molecule has 0 atom stereocenters. The van der Waals surface area contributed by atoms with Crippen LogP contribution in [-0.2, 0) is 0 Å². The summed E-state index contributed by atoms with van der Waals surface area (Å²) in [7, 11) is 3.14. The number of methoxy groups -OCH3 is 2. The lowest BCUT2D eigenvalue weighted by molar-refractivity contribution is 0.396. The monoisotopic (exact) mass is 302 g/mol. The van der Waals surface area contributed by atoms with Gasteiger partial charge in [-0.2, -0.15) is 0 Å². The third kappa shape index (κ3) is 4.76. The smallest absolute Gasteiger partial charge is 0.170 e. The van der Waals surface area contributed by atoms with E-state index in [2.05, 4.69) is 17.6 Å². The standard InChI is InChI=1S/C13H19ClN2O2S/c1-4-5-6-15-13(19)16-10-7-9(14)11(17-2)8-12(10)18-3/h7-8H,4-6H2,1-3H3,(H2,15,16,19). The second-order valence-corrected chi connectivity index (χ2v) is 4.74. The van der Waals surface area contributed by atoms with Gasteiger partial charge in [-0.3, -0.25) is 0 Å². The molecular weight excluding hydrogens is 284 g/mol. The number of rotatable bonds is 6. The van der Waals surface area contributed by atoms with Crippen LogP contribution in [0.5, 0.6) is 11.5 Å². The number of nitrogens with one attached hydrogen (secondary N) is 2. The summed E-state index contributed by atoms with van der Waals surface area (Å²) in [5.41, 5.74) is 0.710. The maximum Gasteiger partial charge on any atom is 0.170 e. The van der Waals surface area contributed by atoms with Gasteiger partial charge in [0.1, 0.15) is 11.5 Å². The maximum atomic E-state index is 6.08. The fourth-order valence-corrected chi connectivity index (χ4v) is 1.96. The first-order valence-electron chi connectivity index (χ1n) is 6.08. The van der Waals surface area contributed by atoms with Gasteiger partial charge in [-0.05, 0) is 24.7 Å². The minimum Gasteiger partial charge on any atom is -0.495 e. The zero-order chi connectivity index (χ0) is 14.3. The second kappa shape index (κ2) is 8.07. The molecule has 0 saturated carbocycles. The van der Waals surface area contributed by atoms with Crippen LogP contribution in [-0.4, -0.2) is 25.9 Å². The highest BCUT2D eigenvalue weighted by Crippen LogP contribution is 2.35. The molecule has 1 aromatic rings. The summed E-state index contributed by atoms with van der Waals surface area (Å²) in [5.74, 6) is 1.19. The summed E-state index contributed by atoms with van der Waals surface area (Å²) >= 11 is 11.3. The number of hydrogen-bond acceptors (Lipinski definition) is 3. The maximum absolute atomic E-state index is 6.08. The van der Waals surface area contributed by atoms with E-state index in [9.17, 15) is 0 Å². The van der Waals surface area contributed by atoms with Gasteiger partial charge in [0.05, 0.1) is 24.9 Å². The van der Waals surface area contributed by atoms with Crippen LogP contribution in [0, 0.1) is 0 Å². The highest BCUT2D eigenvalue weighted by molar-refractivity contribution is 7.80. The second-order valence-electron chi connectivity index (χ2n) is 3.92. The van der Waals surface area contributed by atoms with Crippen LogP contribution < -0.4 is 20.1 Å². The van der Waals surface area contributed by atoms with Crippen molar-refractivity contribution < 1.29 is 9.47 Å². The fraction of sp³-hybridized carbons (Fsp3) is 0.462. The molecule has 4 nitrogen and oxygen atoms in total. The lowest BCUT2D eigenvalue weighted by Gasteiger charge is -2.15. The van der Waals surface area contributed by atoms with Gasteiger partial charge in [0, 0.05) is 12.6 Å². The quantitative estimate of drug-likeness (QED) is 0.622. The summed E-state index contributed by atoms with van der Waals surface area (Å²) < 4.78 is 10.4. The van der Waals surface area contributed by atoms with Gasteiger partial charge in [-0.25, -0.2) is 0 Å². The molecule has 0 fully saturated rings. The van der Waals surface area contributed by atoms with Crippen molar-refractivity contribution in [2.75, 3.05) is 26.1 Å². The molecule has 2 N–H and O–H groups in total. The number of unbranched alkanes of at least 4 members (excludes halogenated alkanes) is 1. The first-order valence-corrected chi connectivity index (χ1v) is 6.87. The van der Waals surface area contributed by atoms with Crippen molar-refractivity contribution in [1.82, 2.24) is 5.32 Å². The molecule has 0 radical (unpaired) electrons. The first kappa shape index (κ1) is 15.9. The largest absolute Gasteiger partial charge is 0.495 e. The predicted molar refractivity (Wildman–Crippen MR) is 83.7 cm³/mol. The third-order valence-electron chi connectivity index (χ3n) is 2.54. The Morgan fingerprint density at radius 2 is 1.95 bits per heavy atom. The average Bonchev–Trinajstić information content (AvgIpc) is 2.39. The van der Waals surface area contributed by atoms with Gasteiger partial charge >= 0.3 is 0 Å². The summed E-state index contributed by atoms with van der Waals surface area (Å²) in [6.07, 6.45) is 2.19. The number of ether oxygens (including phenoxy) is 2. The van der Waals surface area contributed by atoms with Crippen LogP contribution in [0.1, 0.15) is 19.8 Å². The topological polar surface area (TPSA) is 42.5 Å². The van der Waals surface area contributed by atoms with Crippen LogP contribution in [0.2, 0.25) is 5.02 Å². The van der Waals surface area contributed by atoms with Crippen LogP contribution in [0.15, 0.2) is 12.1 Å². The van der Waals surface area contributed by atoms with E-state index in [0.717, 1.165) is 19.4 Å². The van der Waals surface area contributed by atoms with Crippen molar-refractivity contribution in [3.63, 3.8) is 0 Å². The SMILES string of the molecule is CCCCNC(=S)Nc1cc(Cl)c(OC)cc1OC. The molecule has 0 saturated heterocycles. The minimum atomic E-state index is 0.502. The van der Waals surface area contributed by atoms with E-state index in [0.29, 0.717) is 27.3 Å². The van der Waals surface area contributed by atoms with E-state index in [-0.39, 0.29) is 0 Å². The van der Waals surface area contributed by atoms with Crippen molar-refractivity contribution in [3.05, 3.63) is 17.2 Å². The molecule has 0 aliphatic heterocycles. The molecule has 0 aliphatic carbocycles. The van der Waals surface area contributed by atoms with Crippen molar-refractivity contribution in [2.45, 2.75) is 19.8 Å². The van der Waals surface area contributed by atoms with Crippen molar-refractivity contribution >= 4 is 34.6 Å². The lowest BCUT2D eigenvalue weighted by atomic mass is 10.2. The summed E-state index contributed by atoms with van der Waals surface area (Å²) in [4.78, 5) is 0. The Morgan fingerprint density at radius 1 is 1.26 bits per heavy atom. The Kier molecular flexibility index (Phi) is 6.73. The molecule has 0 aliphatic rings. The molecule has 6 heteroatoms. The fourth-order valence-electron chi connectivity index (χ4n) is 1.50. The first-order chi connectivity index (χ1) is 9.12. The van der Waals surface area contributed by atoms with Crippen LogP contribution in [0.25, 0.3) is 0 Å². The molecule has 0 aromatic heterocycles. The van der Waals surface area contributed by atoms with Gasteiger partial charge in [0.2, 0.25) is 0 Å². The molecule has 1 rings (SSSR count). The Morgan fingerprint density at radius 3 is 2.53 bits per heavy atom. The number of anilines is 1. The highest BCUT2D eigenvalue weighted by atomic mass is 35.5. The lowest BCUT2D eigenvalue weighted by Crippen LogP contribution is -2.29. The number of benzene rings is 1. The van der Waals surface area contributed by atoms with Crippen LogP contribution in [0.3, 0.4) is 0 Å². The van der Waals surface area contributed by atoms with Crippen LogP contribution >= 0.6 is 23.8 Å².